The van der Waals surface area contributed by atoms with Crippen molar-refractivity contribution in [2.45, 2.75) is 51.5 Å². The molecule has 0 bridgehead atoms. The average molecular weight is 281 g/mol. The summed E-state index contributed by atoms with van der Waals surface area (Å²) in [6, 6.07) is 4.81. The minimum absolute atomic E-state index is 0.497. The Bertz CT molecular complexity index is 433. The maximum Gasteiger partial charge on any atom is 0.159 e. The summed E-state index contributed by atoms with van der Waals surface area (Å²) in [5.41, 5.74) is 0.909. The number of hydrogen-bond acceptors (Lipinski definition) is 1. The molecule has 0 amide bonds. The zero-order valence-electron chi connectivity index (χ0n) is 12.5. The molecule has 1 nitrogen and oxygen atoms in total. The van der Waals surface area contributed by atoms with Gasteiger partial charge in [0.05, 0.1) is 0 Å². The van der Waals surface area contributed by atoms with Crippen LogP contribution in [0.1, 0.15) is 44.6 Å². The molecule has 1 aliphatic rings. The van der Waals surface area contributed by atoms with Crippen molar-refractivity contribution in [2.75, 3.05) is 7.05 Å². The van der Waals surface area contributed by atoms with E-state index in [1.54, 1.807) is 6.07 Å². The van der Waals surface area contributed by atoms with Crippen LogP contribution in [0.25, 0.3) is 0 Å². The first-order chi connectivity index (χ1) is 9.63. The van der Waals surface area contributed by atoms with E-state index >= 15 is 0 Å². The van der Waals surface area contributed by atoms with Crippen molar-refractivity contribution >= 4 is 0 Å². The van der Waals surface area contributed by atoms with E-state index in [9.17, 15) is 8.78 Å². The summed E-state index contributed by atoms with van der Waals surface area (Å²) in [7, 11) is 2.00. The molecule has 3 unspecified atom stereocenters. The fraction of sp³-hybridized carbons (Fsp3) is 0.647. The Morgan fingerprint density at radius 2 is 2.00 bits per heavy atom. The summed E-state index contributed by atoms with van der Waals surface area (Å²) < 4.78 is 26.3. The monoisotopic (exact) mass is 281 g/mol. The minimum atomic E-state index is -0.758. The lowest BCUT2D eigenvalue weighted by atomic mass is 9.74. The first-order valence-corrected chi connectivity index (χ1v) is 7.75. The standard InChI is InChI=1S/C17H25F2N/c1-3-4-12-6-8-17(20-2)14(9-12)10-13-5-7-15(18)16(19)11-13/h5,7,11-12,14,17,20H,3-4,6,8-10H2,1-2H3. The predicted octanol–water partition coefficient (Wildman–Crippen LogP) is 4.31. The fourth-order valence-corrected chi connectivity index (χ4v) is 3.61. The van der Waals surface area contributed by atoms with Crippen molar-refractivity contribution in [3.05, 3.63) is 35.4 Å². The highest BCUT2D eigenvalue weighted by molar-refractivity contribution is 5.18. The molecule has 3 atom stereocenters. The van der Waals surface area contributed by atoms with Crippen LogP contribution < -0.4 is 5.32 Å². The van der Waals surface area contributed by atoms with Crippen LogP contribution in [0.3, 0.4) is 0 Å². The molecule has 0 aliphatic heterocycles. The van der Waals surface area contributed by atoms with Crippen LogP contribution in [0, 0.1) is 23.5 Å². The van der Waals surface area contributed by atoms with Gasteiger partial charge in [-0.3, -0.25) is 0 Å². The summed E-state index contributed by atoms with van der Waals surface area (Å²) in [4.78, 5) is 0. The Morgan fingerprint density at radius 3 is 2.65 bits per heavy atom. The summed E-state index contributed by atoms with van der Waals surface area (Å²) in [5, 5.41) is 3.40. The Kier molecular flexibility index (Phi) is 5.53. The Hall–Kier alpha value is -0.960. The van der Waals surface area contributed by atoms with Crippen LogP contribution in [0.2, 0.25) is 0 Å². The second kappa shape index (κ2) is 7.16. The van der Waals surface area contributed by atoms with Gasteiger partial charge >= 0.3 is 0 Å². The number of benzene rings is 1. The molecular formula is C17H25F2N. The molecule has 3 heteroatoms. The van der Waals surface area contributed by atoms with Crippen LogP contribution in [-0.4, -0.2) is 13.1 Å². The van der Waals surface area contributed by atoms with Gasteiger partial charge in [0, 0.05) is 6.04 Å². The zero-order valence-corrected chi connectivity index (χ0v) is 12.5. The van der Waals surface area contributed by atoms with Crippen LogP contribution in [0.15, 0.2) is 18.2 Å². The van der Waals surface area contributed by atoms with Gasteiger partial charge in [0.25, 0.3) is 0 Å². The number of rotatable bonds is 5. The highest BCUT2D eigenvalue weighted by atomic mass is 19.2. The van der Waals surface area contributed by atoms with Gasteiger partial charge in [0.15, 0.2) is 11.6 Å². The van der Waals surface area contributed by atoms with Crippen LogP contribution in [-0.2, 0) is 6.42 Å². The van der Waals surface area contributed by atoms with Crippen LogP contribution in [0.5, 0.6) is 0 Å². The molecule has 1 N–H and O–H groups in total. The Morgan fingerprint density at radius 1 is 1.20 bits per heavy atom. The zero-order chi connectivity index (χ0) is 14.5. The van der Waals surface area contributed by atoms with E-state index in [4.69, 9.17) is 0 Å². The van der Waals surface area contributed by atoms with Gasteiger partial charge in [-0.25, -0.2) is 8.78 Å². The molecule has 1 aliphatic carbocycles. The van der Waals surface area contributed by atoms with Gasteiger partial charge in [-0.05, 0) is 62.3 Å². The smallest absolute Gasteiger partial charge is 0.159 e. The number of hydrogen-bond donors (Lipinski definition) is 1. The van der Waals surface area contributed by atoms with Crippen LogP contribution in [0.4, 0.5) is 8.78 Å². The highest BCUT2D eigenvalue weighted by Gasteiger charge is 2.29. The molecule has 112 valence electrons. The van der Waals surface area contributed by atoms with E-state index in [2.05, 4.69) is 12.2 Å². The normalized spacial score (nSPS) is 26.7. The second-order valence-corrected chi connectivity index (χ2v) is 6.08. The molecule has 0 heterocycles. The molecule has 1 fully saturated rings. The number of nitrogens with one attached hydrogen (secondary N) is 1. The van der Waals surface area contributed by atoms with Crippen molar-refractivity contribution < 1.29 is 8.78 Å². The summed E-state index contributed by atoms with van der Waals surface area (Å²) in [5.74, 6) is -0.175. The van der Waals surface area contributed by atoms with Crippen molar-refractivity contribution in [3.63, 3.8) is 0 Å². The third kappa shape index (κ3) is 3.78. The quantitative estimate of drug-likeness (QED) is 0.848. The molecule has 0 saturated heterocycles. The van der Waals surface area contributed by atoms with Crippen molar-refractivity contribution in [2.24, 2.45) is 11.8 Å². The first-order valence-electron chi connectivity index (χ1n) is 7.75. The second-order valence-electron chi connectivity index (χ2n) is 6.08. The van der Waals surface area contributed by atoms with E-state index in [0.29, 0.717) is 12.0 Å². The minimum Gasteiger partial charge on any atom is -0.317 e. The molecule has 0 radical (unpaired) electrons. The van der Waals surface area contributed by atoms with E-state index in [0.717, 1.165) is 17.9 Å². The summed E-state index contributed by atoms with van der Waals surface area (Å²) in [6.45, 7) is 2.23. The SMILES string of the molecule is CCCC1CCC(NC)C(Cc2ccc(F)c(F)c2)C1. The number of halogens is 2. The largest absolute Gasteiger partial charge is 0.317 e. The third-order valence-corrected chi connectivity index (χ3v) is 4.64. The molecule has 20 heavy (non-hydrogen) atoms. The average Bonchev–Trinajstić information content (AvgIpc) is 2.44. The lowest BCUT2D eigenvalue weighted by Gasteiger charge is -2.36. The van der Waals surface area contributed by atoms with Crippen LogP contribution >= 0.6 is 0 Å². The van der Waals surface area contributed by atoms with Gasteiger partial charge in [-0.2, -0.15) is 0 Å². The van der Waals surface area contributed by atoms with Gasteiger partial charge < -0.3 is 5.32 Å². The topological polar surface area (TPSA) is 12.0 Å². The molecule has 1 aromatic carbocycles. The van der Waals surface area contributed by atoms with Gasteiger partial charge in [0.1, 0.15) is 0 Å². The summed E-state index contributed by atoms with van der Waals surface area (Å²) in [6.07, 6.45) is 7.02. The van der Waals surface area contributed by atoms with E-state index in [1.807, 2.05) is 7.05 Å². The van der Waals surface area contributed by atoms with E-state index in [-0.39, 0.29) is 0 Å². The van der Waals surface area contributed by atoms with Gasteiger partial charge in [-0.15, -0.1) is 0 Å². The van der Waals surface area contributed by atoms with Gasteiger partial charge in [0.2, 0.25) is 0 Å². The molecule has 0 spiro atoms. The Balaban J connectivity index is 2.04. The predicted molar refractivity (Wildman–Crippen MR) is 78.6 cm³/mol. The van der Waals surface area contributed by atoms with Crippen molar-refractivity contribution in [1.82, 2.24) is 5.32 Å². The van der Waals surface area contributed by atoms with Crippen molar-refractivity contribution in [3.8, 4) is 0 Å². The Labute approximate surface area is 120 Å². The third-order valence-electron chi connectivity index (χ3n) is 4.64. The van der Waals surface area contributed by atoms with Crippen molar-refractivity contribution in [1.29, 1.82) is 0 Å². The highest BCUT2D eigenvalue weighted by Crippen LogP contribution is 2.34. The molecule has 1 saturated carbocycles. The fourth-order valence-electron chi connectivity index (χ4n) is 3.61. The van der Waals surface area contributed by atoms with E-state index in [1.165, 1.54) is 44.2 Å². The maximum absolute atomic E-state index is 13.3. The first kappa shape index (κ1) is 15.4. The van der Waals surface area contributed by atoms with E-state index < -0.39 is 11.6 Å². The lowest BCUT2D eigenvalue weighted by molar-refractivity contribution is 0.200. The molecule has 2 rings (SSSR count). The molecule has 0 aromatic heterocycles. The molecular weight excluding hydrogens is 256 g/mol. The summed E-state index contributed by atoms with van der Waals surface area (Å²) >= 11 is 0. The van der Waals surface area contributed by atoms with Gasteiger partial charge in [-0.1, -0.05) is 25.8 Å². The lowest BCUT2D eigenvalue weighted by Crippen LogP contribution is -2.39. The maximum atomic E-state index is 13.3. The molecule has 1 aromatic rings.